The molecule has 2 rings (SSSR count). The molecule has 0 spiro atoms. The van der Waals surface area contributed by atoms with Crippen LogP contribution in [0.2, 0.25) is 0 Å². The van der Waals surface area contributed by atoms with E-state index >= 15 is 0 Å². The van der Waals surface area contributed by atoms with E-state index in [0.717, 1.165) is 30.6 Å². The molecule has 0 heterocycles. The summed E-state index contributed by atoms with van der Waals surface area (Å²) in [5, 5.41) is 3.15. The van der Waals surface area contributed by atoms with Gasteiger partial charge in [0.25, 0.3) is 5.91 Å². The van der Waals surface area contributed by atoms with Gasteiger partial charge in [0.1, 0.15) is 5.75 Å². The molecule has 1 atom stereocenters. The van der Waals surface area contributed by atoms with E-state index < -0.39 is 6.10 Å². The minimum absolute atomic E-state index is 0.00723. The zero-order valence-corrected chi connectivity index (χ0v) is 13.2. The first kappa shape index (κ1) is 15.9. The Bertz CT molecular complexity index is 450. The molecule has 1 saturated carbocycles. The van der Waals surface area contributed by atoms with Crippen molar-refractivity contribution in [3.63, 3.8) is 0 Å². The smallest absolute Gasteiger partial charge is 0.260 e. The maximum atomic E-state index is 12.3. The summed E-state index contributed by atoms with van der Waals surface area (Å²) in [4.78, 5) is 12.3. The molecule has 1 aliphatic carbocycles. The van der Waals surface area contributed by atoms with Crippen LogP contribution in [0.25, 0.3) is 0 Å². The minimum atomic E-state index is -0.444. The predicted molar refractivity (Wildman–Crippen MR) is 85.5 cm³/mol. The molecule has 1 aromatic carbocycles. The van der Waals surface area contributed by atoms with Crippen molar-refractivity contribution in [2.75, 3.05) is 0 Å². The van der Waals surface area contributed by atoms with E-state index in [9.17, 15) is 4.79 Å². The van der Waals surface area contributed by atoms with Gasteiger partial charge in [-0.15, -0.1) is 0 Å². The SMILES string of the molecule is CCc1ccccc1OC(C)C(=O)NC1CCCCCC1. The second-order valence-corrected chi connectivity index (χ2v) is 5.92. The zero-order valence-electron chi connectivity index (χ0n) is 13.2. The minimum Gasteiger partial charge on any atom is -0.481 e. The molecule has 0 aromatic heterocycles. The Morgan fingerprint density at radius 2 is 1.90 bits per heavy atom. The van der Waals surface area contributed by atoms with Crippen LogP contribution in [0.4, 0.5) is 0 Å². The highest BCUT2D eigenvalue weighted by Gasteiger charge is 2.20. The fraction of sp³-hybridized carbons (Fsp3) is 0.611. The molecule has 116 valence electrons. The van der Waals surface area contributed by atoms with Crippen molar-refractivity contribution in [2.45, 2.75) is 70.9 Å². The molecular formula is C18H27NO2. The van der Waals surface area contributed by atoms with Crippen LogP contribution in [-0.2, 0) is 11.2 Å². The van der Waals surface area contributed by atoms with E-state index in [1.165, 1.54) is 25.7 Å². The lowest BCUT2D eigenvalue weighted by Crippen LogP contribution is -2.42. The first-order chi connectivity index (χ1) is 10.2. The Hall–Kier alpha value is -1.51. The highest BCUT2D eigenvalue weighted by Crippen LogP contribution is 2.20. The van der Waals surface area contributed by atoms with Crippen molar-refractivity contribution in [2.24, 2.45) is 0 Å². The molecular weight excluding hydrogens is 262 g/mol. The van der Waals surface area contributed by atoms with Gasteiger partial charge < -0.3 is 10.1 Å². The van der Waals surface area contributed by atoms with Crippen molar-refractivity contribution >= 4 is 5.91 Å². The molecule has 1 fully saturated rings. The first-order valence-electron chi connectivity index (χ1n) is 8.25. The van der Waals surface area contributed by atoms with E-state index in [-0.39, 0.29) is 5.91 Å². The molecule has 1 aromatic rings. The summed E-state index contributed by atoms with van der Waals surface area (Å²) < 4.78 is 5.86. The van der Waals surface area contributed by atoms with Crippen molar-refractivity contribution in [1.29, 1.82) is 0 Å². The average molecular weight is 289 g/mol. The second kappa shape index (κ2) is 8.06. The highest BCUT2D eigenvalue weighted by atomic mass is 16.5. The third-order valence-corrected chi connectivity index (χ3v) is 4.23. The van der Waals surface area contributed by atoms with Gasteiger partial charge in [0.05, 0.1) is 0 Å². The molecule has 1 unspecified atom stereocenters. The number of para-hydroxylation sites is 1. The monoisotopic (exact) mass is 289 g/mol. The summed E-state index contributed by atoms with van der Waals surface area (Å²) in [6, 6.07) is 8.26. The normalized spacial score (nSPS) is 17.8. The van der Waals surface area contributed by atoms with Crippen molar-refractivity contribution in [3.8, 4) is 5.75 Å². The summed E-state index contributed by atoms with van der Waals surface area (Å²) in [6.45, 7) is 3.93. The van der Waals surface area contributed by atoms with Crippen molar-refractivity contribution in [1.82, 2.24) is 5.32 Å². The third-order valence-electron chi connectivity index (χ3n) is 4.23. The number of benzene rings is 1. The van der Waals surface area contributed by atoms with Crippen LogP contribution in [0.15, 0.2) is 24.3 Å². The fourth-order valence-corrected chi connectivity index (χ4v) is 2.90. The van der Waals surface area contributed by atoms with Gasteiger partial charge in [-0.1, -0.05) is 50.8 Å². The van der Waals surface area contributed by atoms with Crippen molar-refractivity contribution in [3.05, 3.63) is 29.8 Å². The van der Waals surface area contributed by atoms with Gasteiger partial charge >= 0.3 is 0 Å². The number of rotatable bonds is 5. The summed E-state index contributed by atoms with van der Waals surface area (Å²) in [6.07, 6.45) is 7.70. The molecule has 1 amide bonds. The van der Waals surface area contributed by atoms with Gasteiger partial charge in [-0.3, -0.25) is 4.79 Å². The number of amides is 1. The maximum Gasteiger partial charge on any atom is 0.260 e. The maximum absolute atomic E-state index is 12.3. The number of carbonyl (C=O) groups excluding carboxylic acids is 1. The third kappa shape index (κ3) is 4.76. The number of aryl methyl sites for hydroxylation is 1. The van der Waals surface area contributed by atoms with Gasteiger partial charge in [-0.2, -0.15) is 0 Å². The van der Waals surface area contributed by atoms with Crippen LogP contribution in [0.1, 0.15) is 57.9 Å². The van der Waals surface area contributed by atoms with Gasteiger partial charge in [-0.05, 0) is 37.8 Å². The molecule has 3 heteroatoms. The largest absolute Gasteiger partial charge is 0.481 e. The quantitative estimate of drug-likeness (QED) is 0.836. The van der Waals surface area contributed by atoms with Crippen LogP contribution in [0.5, 0.6) is 5.75 Å². The number of hydrogen-bond acceptors (Lipinski definition) is 2. The Kier molecular flexibility index (Phi) is 6.09. The van der Waals surface area contributed by atoms with Gasteiger partial charge in [0, 0.05) is 6.04 Å². The van der Waals surface area contributed by atoms with Gasteiger partial charge in [0.15, 0.2) is 6.10 Å². The second-order valence-electron chi connectivity index (χ2n) is 5.92. The molecule has 0 bridgehead atoms. The topological polar surface area (TPSA) is 38.3 Å². The van der Waals surface area contributed by atoms with E-state index in [1.807, 2.05) is 31.2 Å². The summed E-state index contributed by atoms with van der Waals surface area (Å²) in [7, 11) is 0. The van der Waals surface area contributed by atoms with Crippen LogP contribution < -0.4 is 10.1 Å². The Labute approximate surface area is 128 Å². The van der Waals surface area contributed by atoms with E-state index in [2.05, 4.69) is 12.2 Å². The first-order valence-corrected chi connectivity index (χ1v) is 8.25. The number of carbonyl (C=O) groups is 1. The summed E-state index contributed by atoms with van der Waals surface area (Å²) >= 11 is 0. The molecule has 0 aliphatic heterocycles. The molecule has 1 N–H and O–H groups in total. The fourth-order valence-electron chi connectivity index (χ4n) is 2.90. The van der Waals surface area contributed by atoms with Crippen LogP contribution >= 0.6 is 0 Å². The van der Waals surface area contributed by atoms with Crippen LogP contribution in [-0.4, -0.2) is 18.1 Å². The van der Waals surface area contributed by atoms with Crippen LogP contribution in [0, 0.1) is 0 Å². The number of hydrogen-bond donors (Lipinski definition) is 1. The van der Waals surface area contributed by atoms with E-state index in [0.29, 0.717) is 6.04 Å². The summed E-state index contributed by atoms with van der Waals surface area (Å²) in [5.41, 5.74) is 1.15. The van der Waals surface area contributed by atoms with Crippen molar-refractivity contribution < 1.29 is 9.53 Å². The Balaban J connectivity index is 1.89. The Morgan fingerprint density at radius 1 is 1.24 bits per heavy atom. The predicted octanol–water partition coefficient (Wildman–Crippen LogP) is 3.86. The number of ether oxygens (including phenoxy) is 1. The zero-order chi connectivity index (χ0) is 15.1. The highest BCUT2D eigenvalue weighted by molar-refractivity contribution is 5.81. The molecule has 21 heavy (non-hydrogen) atoms. The lowest BCUT2D eigenvalue weighted by molar-refractivity contribution is -0.128. The van der Waals surface area contributed by atoms with Crippen LogP contribution in [0.3, 0.4) is 0 Å². The molecule has 0 radical (unpaired) electrons. The number of nitrogens with one attached hydrogen (secondary N) is 1. The lowest BCUT2D eigenvalue weighted by Gasteiger charge is -2.21. The molecule has 3 nitrogen and oxygen atoms in total. The molecule has 0 saturated heterocycles. The van der Waals surface area contributed by atoms with E-state index in [4.69, 9.17) is 4.74 Å². The van der Waals surface area contributed by atoms with E-state index in [1.54, 1.807) is 0 Å². The average Bonchev–Trinajstić information content (AvgIpc) is 2.76. The Morgan fingerprint density at radius 3 is 2.57 bits per heavy atom. The lowest BCUT2D eigenvalue weighted by atomic mass is 10.1. The standard InChI is InChI=1S/C18H27NO2/c1-3-15-10-8-9-13-17(15)21-14(2)18(20)19-16-11-6-4-5-7-12-16/h8-10,13-14,16H,3-7,11-12H2,1-2H3,(H,19,20). The summed E-state index contributed by atoms with van der Waals surface area (Å²) in [5.74, 6) is 0.830. The van der Waals surface area contributed by atoms with Gasteiger partial charge in [0.2, 0.25) is 0 Å². The van der Waals surface area contributed by atoms with Gasteiger partial charge in [-0.25, -0.2) is 0 Å². The molecule has 1 aliphatic rings.